The summed E-state index contributed by atoms with van der Waals surface area (Å²) in [6.07, 6.45) is 0. The van der Waals surface area contributed by atoms with Crippen LogP contribution in [-0.2, 0) is 0 Å². The average Bonchev–Trinajstić information content (AvgIpc) is 3.50. The van der Waals surface area contributed by atoms with E-state index in [0.29, 0.717) is 5.82 Å². The van der Waals surface area contributed by atoms with Gasteiger partial charge < -0.3 is 0 Å². The summed E-state index contributed by atoms with van der Waals surface area (Å²) in [5, 5.41) is 12.3. The highest BCUT2D eigenvalue weighted by Gasteiger charge is 2.22. The minimum Gasteiger partial charge on any atom is -0.293 e. The molecule has 0 saturated carbocycles. The molecule has 0 atom stereocenters. The highest BCUT2D eigenvalue weighted by molar-refractivity contribution is 6.36. The maximum Gasteiger partial charge on any atom is 0.162 e. The molecule has 0 radical (unpaired) electrons. The van der Waals surface area contributed by atoms with Gasteiger partial charge >= 0.3 is 0 Å². The molecule has 3 nitrogen and oxygen atoms in total. The SMILES string of the molecule is c1ccc(-c2cc(-n3c4ccccc4c4c5c6ccccc6ccc5c5ccccc5c43)nc(-c3ccc4ccccc4c3)n2)cc1. The number of rotatable bonds is 3. The zero-order valence-electron chi connectivity index (χ0n) is 25.4. The summed E-state index contributed by atoms with van der Waals surface area (Å²) in [4.78, 5) is 10.6. The van der Waals surface area contributed by atoms with Crippen molar-refractivity contribution in [3.05, 3.63) is 164 Å². The third kappa shape index (κ3) is 3.93. The van der Waals surface area contributed by atoms with Crippen molar-refractivity contribution in [2.75, 3.05) is 0 Å². The van der Waals surface area contributed by atoms with Crippen LogP contribution in [-0.4, -0.2) is 14.5 Å². The van der Waals surface area contributed by atoms with Gasteiger partial charge in [0.05, 0.1) is 16.7 Å². The Morgan fingerprint density at radius 2 is 1.04 bits per heavy atom. The fourth-order valence-corrected chi connectivity index (χ4v) is 7.44. The Bertz CT molecular complexity index is 2850. The topological polar surface area (TPSA) is 30.7 Å². The Balaban J connectivity index is 1.39. The van der Waals surface area contributed by atoms with Crippen LogP contribution < -0.4 is 0 Å². The predicted octanol–water partition coefficient (Wildman–Crippen LogP) is 11.5. The van der Waals surface area contributed by atoms with E-state index < -0.39 is 0 Å². The molecule has 8 aromatic carbocycles. The molecular weight excluding hydrogens is 571 g/mol. The first-order valence-corrected chi connectivity index (χ1v) is 16.0. The lowest BCUT2D eigenvalue weighted by Gasteiger charge is -2.15. The van der Waals surface area contributed by atoms with E-state index >= 15 is 0 Å². The molecule has 2 aromatic heterocycles. The van der Waals surface area contributed by atoms with Crippen LogP contribution in [0.3, 0.4) is 0 Å². The van der Waals surface area contributed by atoms with Crippen molar-refractivity contribution in [2.45, 2.75) is 0 Å². The summed E-state index contributed by atoms with van der Waals surface area (Å²) in [6.45, 7) is 0. The van der Waals surface area contributed by atoms with Crippen LogP contribution in [0.25, 0.3) is 93.4 Å². The molecule has 10 aromatic rings. The van der Waals surface area contributed by atoms with Crippen LogP contribution in [0, 0.1) is 0 Å². The summed E-state index contributed by atoms with van der Waals surface area (Å²) in [7, 11) is 0. The minimum absolute atomic E-state index is 0.702. The normalized spacial score (nSPS) is 11.8. The van der Waals surface area contributed by atoms with E-state index in [4.69, 9.17) is 9.97 Å². The standard InChI is InChI=1S/C44H27N3/c1-2-14-30(15-3-1)38-27-40(46-44(45-38)32-23-22-28-12-4-5-16-31(28)26-32)47-39-21-11-10-20-37(39)42-41-33-17-7-6-13-29(33)24-25-35(41)34-18-8-9-19-36(34)43(42)47/h1-27H. The van der Waals surface area contributed by atoms with Crippen molar-refractivity contribution in [2.24, 2.45) is 0 Å². The van der Waals surface area contributed by atoms with E-state index in [1.165, 1.54) is 53.9 Å². The van der Waals surface area contributed by atoms with E-state index in [1.54, 1.807) is 0 Å². The number of hydrogen-bond donors (Lipinski definition) is 0. The number of nitrogens with zero attached hydrogens (tertiary/aromatic N) is 3. The van der Waals surface area contributed by atoms with Crippen molar-refractivity contribution in [3.8, 4) is 28.5 Å². The Morgan fingerprint density at radius 1 is 0.383 bits per heavy atom. The minimum atomic E-state index is 0.702. The second-order valence-electron chi connectivity index (χ2n) is 12.2. The van der Waals surface area contributed by atoms with Gasteiger partial charge in [0.1, 0.15) is 5.82 Å². The van der Waals surface area contributed by atoms with Crippen LogP contribution in [0.15, 0.2) is 164 Å². The lowest BCUT2D eigenvalue weighted by atomic mass is 9.93. The zero-order valence-corrected chi connectivity index (χ0v) is 25.4. The molecule has 0 saturated heterocycles. The molecule has 0 aliphatic rings. The van der Waals surface area contributed by atoms with Crippen molar-refractivity contribution >= 4 is 64.9 Å². The lowest BCUT2D eigenvalue weighted by molar-refractivity contribution is 1.05. The summed E-state index contributed by atoms with van der Waals surface area (Å²) < 4.78 is 2.37. The largest absolute Gasteiger partial charge is 0.293 e. The molecule has 0 aliphatic heterocycles. The van der Waals surface area contributed by atoms with Crippen LogP contribution in [0.2, 0.25) is 0 Å². The van der Waals surface area contributed by atoms with Gasteiger partial charge in [0.25, 0.3) is 0 Å². The summed E-state index contributed by atoms with van der Waals surface area (Å²) in [6, 6.07) is 58.3. The fraction of sp³-hybridized carbons (Fsp3) is 0. The first kappa shape index (κ1) is 26.0. The molecule has 0 aliphatic carbocycles. The summed E-state index contributed by atoms with van der Waals surface area (Å²) >= 11 is 0. The molecule has 10 rings (SSSR count). The molecular formula is C44H27N3. The van der Waals surface area contributed by atoms with Crippen molar-refractivity contribution in [3.63, 3.8) is 0 Å². The third-order valence-corrected chi connectivity index (χ3v) is 9.55. The van der Waals surface area contributed by atoms with E-state index in [-0.39, 0.29) is 0 Å². The van der Waals surface area contributed by atoms with E-state index in [1.807, 2.05) is 6.07 Å². The maximum atomic E-state index is 5.38. The number of hydrogen-bond acceptors (Lipinski definition) is 2. The van der Waals surface area contributed by atoms with E-state index in [0.717, 1.165) is 33.7 Å². The number of aromatic nitrogens is 3. The Kier molecular flexibility index (Phi) is 5.57. The van der Waals surface area contributed by atoms with Crippen LogP contribution in [0.4, 0.5) is 0 Å². The van der Waals surface area contributed by atoms with Crippen LogP contribution in [0.1, 0.15) is 0 Å². The first-order valence-electron chi connectivity index (χ1n) is 16.0. The molecule has 3 heteroatoms. The lowest BCUT2D eigenvalue weighted by Crippen LogP contribution is -2.03. The van der Waals surface area contributed by atoms with Crippen molar-refractivity contribution in [1.82, 2.24) is 14.5 Å². The summed E-state index contributed by atoms with van der Waals surface area (Å²) in [5.74, 6) is 1.55. The first-order chi connectivity index (χ1) is 23.3. The molecule has 0 bridgehead atoms. The predicted molar refractivity (Wildman–Crippen MR) is 197 cm³/mol. The quantitative estimate of drug-likeness (QED) is 0.190. The molecule has 0 unspecified atom stereocenters. The van der Waals surface area contributed by atoms with Gasteiger partial charge in [-0.2, -0.15) is 0 Å². The molecule has 0 spiro atoms. The van der Waals surface area contributed by atoms with E-state index in [2.05, 4.69) is 162 Å². The van der Waals surface area contributed by atoms with Crippen molar-refractivity contribution in [1.29, 1.82) is 0 Å². The molecule has 0 fully saturated rings. The molecule has 0 amide bonds. The van der Waals surface area contributed by atoms with E-state index in [9.17, 15) is 0 Å². The van der Waals surface area contributed by atoms with Gasteiger partial charge in [-0.15, -0.1) is 0 Å². The summed E-state index contributed by atoms with van der Waals surface area (Å²) in [5.41, 5.74) is 5.22. The Morgan fingerprint density at radius 3 is 1.89 bits per heavy atom. The second-order valence-corrected chi connectivity index (χ2v) is 12.2. The highest BCUT2D eigenvalue weighted by Crippen LogP contribution is 2.44. The Hall–Kier alpha value is -6.32. The van der Waals surface area contributed by atoms with Gasteiger partial charge in [-0.1, -0.05) is 146 Å². The van der Waals surface area contributed by atoms with Crippen molar-refractivity contribution < 1.29 is 0 Å². The Labute approximate surface area is 271 Å². The molecule has 2 heterocycles. The number of fused-ring (bicyclic) bond motifs is 11. The third-order valence-electron chi connectivity index (χ3n) is 9.55. The zero-order chi connectivity index (χ0) is 30.9. The van der Waals surface area contributed by atoms with Gasteiger partial charge in [-0.25, -0.2) is 9.97 Å². The molecule has 47 heavy (non-hydrogen) atoms. The fourth-order valence-electron chi connectivity index (χ4n) is 7.44. The van der Waals surface area contributed by atoms with Crippen LogP contribution >= 0.6 is 0 Å². The van der Waals surface area contributed by atoms with Gasteiger partial charge in [0.2, 0.25) is 0 Å². The molecule has 218 valence electrons. The van der Waals surface area contributed by atoms with Gasteiger partial charge in [0.15, 0.2) is 5.82 Å². The average molecular weight is 598 g/mol. The van der Waals surface area contributed by atoms with Gasteiger partial charge in [-0.05, 0) is 44.5 Å². The highest BCUT2D eigenvalue weighted by atomic mass is 15.1. The number of para-hydroxylation sites is 1. The van der Waals surface area contributed by atoms with Gasteiger partial charge in [-0.3, -0.25) is 4.57 Å². The monoisotopic (exact) mass is 597 g/mol. The molecule has 0 N–H and O–H groups in total. The number of benzene rings is 8. The van der Waals surface area contributed by atoms with Crippen LogP contribution in [0.5, 0.6) is 0 Å². The smallest absolute Gasteiger partial charge is 0.162 e. The van der Waals surface area contributed by atoms with Gasteiger partial charge in [0, 0.05) is 38.7 Å². The maximum absolute atomic E-state index is 5.38. The second kappa shape index (κ2) is 10.1.